The second-order valence-electron chi connectivity index (χ2n) is 14.3. The lowest BCUT2D eigenvalue weighted by Gasteiger charge is -2.22. The SMILES string of the molecule is CC(=O)N[C@H](Cc1ccc(Oc2c(F)c(F)nc(F)c2F)cc1)C(=O)NC(CO)C(=O)NCC(=O)NCC(=O)NCC(=O)NC(COc1c(F)c(F)nc(F)c1F)C(=O)NC(C)C(=O)N[C@@H](C)C(N)=O. The van der Waals surface area contributed by atoms with E-state index in [0.717, 1.165) is 26.0 Å². The Bertz CT molecular complexity index is 2440. The van der Waals surface area contributed by atoms with Crippen molar-refractivity contribution in [1.82, 2.24) is 52.5 Å². The van der Waals surface area contributed by atoms with Crippen LogP contribution in [0.15, 0.2) is 24.3 Å². The molecule has 31 heteroatoms. The summed E-state index contributed by atoms with van der Waals surface area (Å²) in [5.41, 5.74) is 5.34. The largest absolute Gasteiger partial charge is 0.485 e. The number of rotatable bonds is 24. The van der Waals surface area contributed by atoms with Crippen LogP contribution in [0.2, 0.25) is 0 Å². The molecule has 0 aliphatic rings. The number of primary amides is 1. The zero-order valence-electron chi connectivity index (χ0n) is 36.4. The normalized spacial score (nSPS) is 12.9. The zero-order valence-corrected chi connectivity index (χ0v) is 36.4. The predicted molar refractivity (Wildman–Crippen MR) is 216 cm³/mol. The zero-order chi connectivity index (χ0) is 52.6. The van der Waals surface area contributed by atoms with Crippen molar-refractivity contribution in [2.75, 3.05) is 32.8 Å². The number of amides is 9. The van der Waals surface area contributed by atoms with Gasteiger partial charge in [0, 0.05) is 13.3 Å². The van der Waals surface area contributed by atoms with Crippen molar-refractivity contribution >= 4 is 53.2 Å². The Hall–Kier alpha value is -8.25. The van der Waals surface area contributed by atoms with E-state index in [1.807, 2.05) is 10.6 Å². The molecule has 2 aromatic heterocycles. The van der Waals surface area contributed by atoms with Gasteiger partial charge < -0.3 is 62.8 Å². The lowest BCUT2D eigenvalue weighted by molar-refractivity contribution is -0.133. The van der Waals surface area contributed by atoms with E-state index >= 15 is 0 Å². The Balaban J connectivity index is 1.53. The molecule has 0 spiro atoms. The van der Waals surface area contributed by atoms with E-state index in [0.29, 0.717) is 0 Å². The number of ether oxygens (including phenoxy) is 2. The predicted octanol–water partition coefficient (Wildman–Crippen LogP) is -2.69. The Labute approximate surface area is 388 Å². The molecule has 2 heterocycles. The van der Waals surface area contributed by atoms with Crippen molar-refractivity contribution in [1.29, 1.82) is 0 Å². The van der Waals surface area contributed by atoms with Crippen LogP contribution >= 0.6 is 0 Å². The lowest BCUT2D eigenvalue weighted by atomic mass is 10.0. The van der Waals surface area contributed by atoms with Crippen LogP contribution in [0.1, 0.15) is 26.3 Å². The van der Waals surface area contributed by atoms with Crippen LogP contribution in [-0.4, -0.2) is 131 Å². The quantitative estimate of drug-likeness (QED) is 0.0323. The summed E-state index contributed by atoms with van der Waals surface area (Å²) in [7, 11) is 0. The van der Waals surface area contributed by atoms with Crippen molar-refractivity contribution in [3.05, 3.63) is 76.9 Å². The highest BCUT2D eigenvalue weighted by molar-refractivity contribution is 5.96. The molecule has 5 atom stereocenters. The number of carbonyl (C=O) groups is 9. The van der Waals surface area contributed by atoms with Crippen molar-refractivity contribution < 1.29 is 92.9 Å². The fourth-order valence-corrected chi connectivity index (χ4v) is 5.28. The number of carbonyl (C=O) groups excluding carboxylic acids is 9. The van der Waals surface area contributed by atoms with E-state index in [4.69, 9.17) is 15.2 Å². The van der Waals surface area contributed by atoms with Gasteiger partial charge in [-0.05, 0) is 31.5 Å². The van der Waals surface area contributed by atoms with E-state index in [9.17, 15) is 83.4 Å². The van der Waals surface area contributed by atoms with Gasteiger partial charge in [0.15, 0.2) is 0 Å². The summed E-state index contributed by atoms with van der Waals surface area (Å²) in [5, 5.41) is 26.7. The van der Waals surface area contributed by atoms with E-state index < -0.39 is 175 Å². The van der Waals surface area contributed by atoms with Crippen LogP contribution in [0.5, 0.6) is 17.2 Å². The van der Waals surface area contributed by atoms with Crippen molar-refractivity contribution in [2.24, 2.45) is 5.73 Å². The van der Waals surface area contributed by atoms with Gasteiger partial charge in [-0.2, -0.15) is 45.1 Å². The third kappa shape index (κ3) is 16.5. The molecule has 380 valence electrons. The molecule has 0 saturated carbocycles. The molecule has 1 aromatic carbocycles. The number of benzene rings is 1. The number of pyridine rings is 2. The third-order valence-electron chi connectivity index (χ3n) is 8.91. The first-order valence-corrected chi connectivity index (χ1v) is 19.8. The molecule has 23 nitrogen and oxygen atoms in total. The van der Waals surface area contributed by atoms with Gasteiger partial charge in [-0.1, -0.05) is 12.1 Å². The van der Waals surface area contributed by atoms with Gasteiger partial charge in [-0.15, -0.1) is 0 Å². The van der Waals surface area contributed by atoms with Crippen molar-refractivity contribution in [3.63, 3.8) is 0 Å². The number of hydrogen-bond acceptors (Lipinski definition) is 14. The molecule has 0 aliphatic carbocycles. The monoisotopic (exact) mass is 1010 g/mol. The molecule has 0 radical (unpaired) electrons. The van der Waals surface area contributed by atoms with Crippen LogP contribution in [0.3, 0.4) is 0 Å². The van der Waals surface area contributed by atoms with E-state index in [1.54, 1.807) is 0 Å². The molecule has 0 bridgehead atoms. The molecule has 0 aliphatic heterocycles. The molecule has 0 saturated heterocycles. The molecule has 3 unspecified atom stereocenters. The molecule has 0 fully saturated rings. The summed E-state index contributed by atoms with van der Waals surface area (Å²) in [6.45, 7) is -1.63. The van der Waals surface area contributed by atoms with Gasteiger partial charge in [0.1, 0.15) is 42.6 Å². The second-order valence-corrected chi connectivity index (χ2v) is 14.3. The van der Waals surface area contributed by atoms with E-state index in [1.165, 1.54) is 19.1 Å². The molecular formula is C39H41F8N11O12. The number of halogens is 8. The first-order chi connectivity index (χ1) is 32.8. The summed E-state index contributed by atoms with van der Waals surface area (Å²) in [6.07, 6.45) is -0.303. The summed E-state index contributed by atoms with van der Waals surface area (Å²) >= 11 is 0. The van der Waals surface area contributed by atoms with Crippen LogP contribution in [-0.2, 0) is 49.6 Å². The summed E-state index contributed by atoms with van der Waals surface area (Å²) in [5.74, 6) is -29.1. The number of nitrogens with one attached hydrogen (secondary N) is 8. The van der Waals surface area contributed by atoms with Crippen LogP contribution in [0.25, 0.3) is 0 Å². The van der Waals surface area contributed by atoms with E-state index in [-0.39, 0.29) is 17.7 Å². The van der Waals surface area contributed by atoms with Crippen LogP contribution in [0, 0.1) is 47.1 Å². The highest BCUT2D eigenvalue weighted by Gasteiger charge is 2.31. The average Bonchev–Trinajstić information content (AvgIpc) is 3.30. The molecule has 3 rings (SSSR count). The van der Waals surface area contributed by atoms with Gasteiger partial charge in [0.05, 0.1) is 26.2 Å². The first-order valence-electron chi connectivity index (χ1n) is 19.8. The molecule has 70 heavy (non-hydrogen) atoms. The highest BCUT2D eigenvalue weighted by Crippen LogP contribution is 2.30. The minimum absolute atomic E-state index is 0.264. The average molecular weight is 1010 g/mol. The summed E-state index contributed by atoms with van der Waals surface area (Å²) in [4.78, 5) is 117. The van der Waals surface area contributed by atoms with Crippen molar-refractivity contribution in [2.45, 2.75) is 57.4 Å². The lowest BCUT2D eigenvalue weighted by Crippen LogP contribution is -2.57. The van der Waals surface area contributed by atoms with Gasteiger partial charge in [-0.25, -0.2) is 0 Å². The molecule has 9 amide bonds. The Morgan fingerprint density at radius 3 is 1.54 bits per heavy atom. The number of aliphatic hydroxyl groups is 1. The standard InChI is InChI=1S/C39H41F8N11O12/c1-14(35(48)64)52-36(65)15(2)53-39(68)21(13-69-29-25(40)31(44)57-32(45)26(29)41)55-24(63)11-50-22(61)9-49-23(62)10-51-37(66)20(12-59)56-38(67)19(54-16(3)60)8-17-4-6-18(7-5-17)70-30-27(42)33(46)58-34(47)28(30)43/h4-7,14-15,19-21,59H,8-13H2,1-3H3,(H2,48,64)(H,49,62)(H,50,61)(H,51,66)(H,52,65)(H,53,68)(H,54,60)(H,55,63)(H,56,67)/t14-,15?,19+,20?,21?/m0/s1. The van der Waals surface area contributed by atoms with Gasteiger partial charge in [0.25, 0.3) is 23.8 Å². The van der Waals surface area contributed by atoms with E-state index in [2.05, 4.69) is 41.9 Å². The maximum atomic E-state index is 14.2. The topological polar surface area (TPSA) is 340 Å². The van der Waals surface area contributed by atoms with Gasteiger partial charge in [-0.3, -0.25) is 43.2 Å². The molecule has 11 N–H and O–H groups in total. The minimum atomic E-state index is -2.13. The molecule has 3 aromatic rings. The van der Waals surface area contributed by atoms with Crippen molar-refractivity contribution in [3.8, 4) is 17.2 Å². The first kappa shape index (κ1) is 56.1. The number of aliphatic hydroxyl groups excluding tert-OH is 1. The number of aromatic nitrogens is 2. The number of hydrogen-bond donors (Lipinski definition) is 10. The van der Waals surface area contributed by atoms with Gasteiger partial charge in [0.2, 0.25) is 87.9 Å². The third-order valence-corrected chi connectivity index (χ3v) is 8.91. The highest BCUT2D eigenvalue weighted by atomic mass is 19.2. The number of nitrogens with zero attached hydrogens (tertiary/aromatic N) is 2. The Kier molecular flexibility index (Phi) is 20.6. The second kappa shape index (κ2) is 25.8. The fourth-order valence-electron chi connectivity index (χ4n) is 5.28. The fraction of sp³-hybridized carbons (Fsp3) is 0.359. The van der Waals surface area contributed by atoms with Crippen LogP contribution in [0.4, 0.5) is 35.1 Å². The Morgan fingerprint density at radius 2 is 1.04 bits per heavy atom. The smallest absolute Gasteiger partial charge is 0.255 e. The summed E-state index contributed by atoms with van der Waals surface area (Å²) in [6, 6.07) is -3.14. The Morgan fingerprint density at radius 1 is 0.571 bits per heavy atom. The minimum Gasteiger partial charge on any atom is -0.485 e. The van der Waals surface area contributed by atoms with Crippen LogP contribution < -0.4 is 57.7 Å². The summed E-state index contributed by atoms with van der Waals surface area (Å²) < 4.78 is 120. The number of nitrogens with two attached hydrogens (primary N) is 1. The molecular weight excluding hydrogens is 966 g/mol. The van der Waals surface area contributed by atoms with Gasteiger partial charge >= 0.3 is 0 Å². The maximum absolute atomic E-state index is 14.2. The maximum Gasteiger partial charge on any atom is 0.255 e.